The molecule has 4 aliphatic carbocycles. The molecule has 0 aromatic heterocycles. The average molecular weight is 464 g/mol. The van der Waals surface area contributed by atoms with Crippen molar-refractivity contribution >= 4 is 0 Å². The second-order valence-corrected chi connectivity index (χ2v) is 12.7. The molecule has 0 bridgehead atoms. The molecule has 186 valence electrons. The first-order valence-corrected chi connectivity index (χ1v) is 14.2. The van der Waals surface area contributed by atoms with Gasteiger partial charge in [-0.15, -0.1) is 0 Å². The van der Waals surface area contributed by atoms with Crippen molar-refractivity contribution in [1.82, 2.24) is 0 Å². The Morgan fingerprint density at radius 1 is 1.06 bits per heavy atom. The van der Waals surface area contributed by atoms with E-state index in [0.717, 1.165) is 54.4 Å². The average Bonchev–Trinajstić information content (AvgIpc) is 3.20. The summed E-state index contributed by atoms with van der Waals surface area (Å²) in [5, 5.41) is 20.7. The summed E-state index contributed by atoms with van der Waals surface area (Å²) in [5.41, 5.74) is 1.97. The molecule has 4 aliphatic rings. The van der Waals surface area contributed by atoms with Gasteiger partial charge in [0.25, 0.3) is 0 Å². The number of benzene rings is 1. The van der Waals surface area contributed by atoms with Gasteiger partial charge in [0.1, 0.15) is 0 Å². The van der Waals surface area contributed by atoms with Crippen LogP contribution in [0, 0.1) is 58.2 Å². The number of ether oxygens (including phenoxy) is 1. The third-order valence-corrected chi connectivity index (χ3v) is 11.1. The van der Waals surface area contributed by atoms with E-state index in [2.05, 4.69) is 32.0 Å². The molecular formula is C31H45NO2. The number of hydrogen-bond donors (Lipinski definition) is 1. The summed E-state index contributed by atoms with van der Waals surface area (Å²) < 4.78 is 5.66. The molecule has 0 saturated heterocycles. The van der Waals surface area contributed by atoms with Crippen molar-refractivity contribution in [3.8, 4) is 6.07 Å². The van der Waals surface area contributed by atoms with Gasteiger partial charge in [-0.1, -0.05) is 32.0 Å². The third kappa shape index (κ3) is 4.24. The van der Waals surface area contributed by atoms with Crippen LogP contribution in [-0.4, -0.2) is 23.9 Å². The van der Waals surface area contributed by atoms with Gasteiger partial charge < -0.3 is 9.84 Å². The van der Waals surface area contributed by atoms with Crippen LogP contribution in [0.1, 0.15) is 89.7 Å². The number of rotatable bonds is 6. The Labute approximate surface area is 207 Å². The summed E-state index contributed by atoms with van der Waals surface area (Å²) >= 11 is 0. The first kappa shape index (κ1) is 24.3. The van der Waals surface area contributed by atoms with Crippen molar-refractivity contribution in [3.05, 3.63) is 35.4 Å². The summed E-state index contributed by atoms with van der Waals surface area (Å²) in [6.07, 6.45) is 12.3. The molecule has 4 fully saturated rings. The Morgan fingerprint density at radius 2 is 1.85 bits per heavy atom. The van der Waals surface area contributed by atoms with Crippen molar-refractivity contribution in [3.63, 3.8) is 0 Å². The first-order valence-electron chi connectivity index (χ1n) is 14.2. The highest BCUT2D eigenvalue weighted by Crippen LogP contribution is 2.65. The molecule has 1 N–H and O–H groups in total. The lowest BCUT2D eigenvalue weighted by Crippen LogP contribution is -2.52. The fourth-order valence-electron chi connectivity index (χ4n) is 9.66. The van der Waals surface area contributed by atoms with Crippen molar-refractivity contribution < 1.29 is 9.84 Å². The van der Waals surface area contributed by atoms with E-state index in [-0.39, 0.29) is 0 Å². The summed E-state index contributed by atoms with van der Waals surface area (Å²) in [4.78, 5) is 0. The zero-order chi connectivity index (χ0) is 23.9. The molecule has 0 amide bonds. The summed E-state index contributed by atoms with van der Waals surface area (Å²) in [7, 11) is 0. The predicted molar refractivity (Wildman–Crippen MR) is 136 cm³/mol. The van der Waals surface area contributed by atoms with Crippen LogP contribution in [-0.2, 0) is 11.2 Å². The highest BCUT2D eigenvalue weighted by molar-refractivity contribution is 5.37. The predicted octanol–water partition coefficient (Wildman–Crippen LogP) is 6.77. The Kier molecular flexibility index (Phi) is 6.86. The topological polar surface area (TPSA) is 53.2 Å². The van der Waals surface area contributed by atoms with Gasteiger partial charge in [-0.2, -0.15) is 5.26 Å². The van der Waals surface area contributed by atoms with Gasteiger partial charge >= 0.3 is 0 Å². The minimum Gasteiger partial charge on any atom is -0.387 e. The lowest BCUT2D eigenvalue weighted by atomic mass is 9.48. The van der Waals surface area contributed by atoms with Crippen LogP contribution >= 0.6 is 0 Å². The van der Waals surface area contributed by atoms with E-state index in [1.807, 2.05) is 19.1 Å². The van der Waals surface area contributed by atoms with E-state index in [1.165, 1.54) is 50.5 Å². The van der Waals surface area contributed by atoms with Gasteiger partial charge in [-0.25, -0.2) is 0 Å². The number of fused-ring (bicyclic) bond motifs is 5. The van der Waals surface area contributed by atoms with Gasteiger partial charge in [0.05, 0.1) is 23.8 Å². The van der Waals surface area contributed by atoms with E-state index in [0.29, 0.717) is 30.5 Å². The molecule has 1 aromatic rings. The molecular weight excluding hydrogens is 418 g/mol. The maximum atomic E-state index is 11.1. The van der Waals surface area contributed by atoms with Crippen LogP contribution < -0.4 is 0 Å². The van der Waals surface area contributed by atoms with E-state index >= 15 is 0 Å². The van der Waals surface area contributed by atoms with Gasteiger partial charge in [0, 0.05) is 6.61 Å². The number of nitrogens with zero attached hydrogens (tertiary/aromatic N) is 1. The SMILES string of the molecule is CCOC[C@@]1(O)CC[C@H]2[C@H](CC[C@@H]3[C@@H]2CC[C@]2(C)C([C@H](C)Cc4ccccc4C#N)CC[C@@H]32)C1. The van der Waals surface area contributed by atoms with Crippen LogP contribution in [0.15, 0.2) is 24.3 Å². The van der Waals surface area contributed by atoms with Crippen LogP contribution in [0.5, 0.6) is 0 Å². The zero-order valence-electron chi connectivity index (χ0n) is 21.6. The van der Waals surface area contributed by atoms with E-state index < -0.39 is 5.60 Å². The Morgan fingerprint density at radius 3 is 2.65 bits per heavy atom. The molecule has 1 unspecified atom stereocenters. The molecule has 1 aromatic carbocycles. The van der Waals surface area contributed by atoms with Crippen molar-refractivity contribution in [2.75, 3.05) is 13.2 Å². The molecule has 0 radical (unpaired) electrons. The minimum absolute atomic E-state index is 0.458. The molecule has 0 heterocycles. The molecule has 0 spiro atoms. The Hall–Kier alpha value is -1.37. The molecule has 3 nitrogen and oxygen atoms in total. The van der Waals surface area contributed by atoms with Gasteiger partial charge in [-0.05, 0) is 130 Å². The first-order chi connectivity index (χ1) is 16.4. The standard InChI is InChI=1S/C31H45NO2/c1-4-34-20-31(33)16-14-25-23(18-31)9-10-27-26(25)13-15-30(3)28(11-12-29(27)30)21(2)17-22-7-5-6-8-24(22)19-32/h5-8,21,23,25-29,33H,4,9-18,20H2,1-3H3/t21-,23-,25+,26-,27-,28?,29+,30-,31-/m1/s1. The molecule has 3 heteroatoms. The fraction of sp³-hybridized carbons (Fsp3) is 0.774. The lowest BCUT2D eigenvalue weighted by molar-refractivity contribution is -0.129. The number of aliphatic hydroxyl groups is 1. The smallest absolute Gasteiger partial charge is 0.0994 e. The lowest BCUT2D eigenvalue weighted by Gasteiger charge is -2.57. The second kappa shape index (κ2) is 9.59. The summed E-state index contributed by atoms with van der Waals surface area (Å²) in [5.74, 6) is 5.55. The van der Waals surface area contributed by atoms with Crippen molar-refractivity contribution in [2.24, 2.45) is 46.8 Å². The van der Waals surface area contributed by atoms with Crippen LogP contribution in [0.2, 0.25) is 0 Å². The van der Waals surface area contributed by atoms with E-state index in [4.69, 9.17) is 4.74 Å². The largest absolute Gasteiger partial charge is 0.387 e. The van der Waals surface area contributed by atoms with Crippen molar-refractivity contribution in [2.45, 2.75) is 90.6 Å². The van der Waals surface area contributed by atoms with Crippen LogP contribution in [0.3, 0.4) is 0 Å². The summed E-state index contributed by atoms with van der Waals surface area (Å²) in [6, 6.07) is 10.6. The van der Waals surface area contributed by atoms with Crippen LogP contribution in [0.4, 0.5) is 0 Å². The van der Waals surface area contributed by atoms with Gasteiger partial charge in [-0.3, -0.25) is 0 Å². The zero-order valence-corrected chi connectivity index (χ0v) is 21.6. The third-order valence-electron chi connectivity index (χ3n) is 11.1. The fourth-order valence-corrected chi connectivity index (χ4v) is 9.66. The van der Waals surface area contributed by atoms with Gasteiger partial charge in [0.2, 0.25) is 0 Å². The highest BCUT2D eigenvalue weighted by atomic mass is 16.5. The molecule has 34 heavy (non-hydrogen) atoms. The molecule has 4 saturated carbocycles. The minimum atomic E-state index is -0.583. The normalized spacial score (nSPS) is 42.2. The summed E-state index contributed by atoms with van der Waals surface area (Å²) in [6.45, 7) is 8.33. The van der Waals surface area contributed by atoms with E-state index in [9.17, 15) is 10.4 Å². The number of nitriles is 1. The Balaban J connectivity index is 1.27. The maximum absolute atomic E-state index is 11.1. The van der Waals surface area contributed by atoms with Gasteiger partial charge in [0.15, 0.2) is 0 Å². The number of hydrogen-bond acceptors (Lipinski definition) is 3. The second-order valence-electron chi connectivity index (χ2n) is 12.7. The van der Waals surface area contributed by atoms with Crippen molar-refractivity contribution in [1.29, 1.82) is 5.26 Å². The van der Waals surface area contributed by atoms with Crippen LogP contribution in [0.25, 0.3) is 0 Å². The Bertz CT molecular complexity index is 907. The maximum Gasteiger partial charge on any atom is 0.0994 e. The molecule has 0 aliphatic heterocycles. The molecule has 9 atom stereocenters. The quantitative estimate of drug-likeness (QED) is 0.506. The molecule has 5 rings (SSSR count). The highest BCUT2D eigenvalue weighted by Gasteiger charge is 2.58. The monoisotopic (exact) mass is 463 g/mol. The van der Waals surface area contributed by atoms with E-state index in [1.54, 1.807) is 0 Å².